The maximum Gasteiger partial charge on any atom is 0.268 e. The molecule has 0 N–H and O–H groups in total. The smallest absolute Gasteiger partial charge is 0.268 e. The summed E-state index contributed by atoms with van der Waals surface area (Å²) in [6.07, 6.45) is 0.930. The minimum atomic E-state index is 0.0594. The van der Waals surface area contributed by atoms with Gasteiger partial charge in [0.25, 0.3) is 5.91 Å². The van der Waals surface area contributed by atoms with Crippen molar-refractivity contribution in [1.82, 2.24) is 0 Å². The number of hydrogen-bond donors (Lipinski definition) is 0. The molecule has 1 aromatic heterocycles. The first-order chi connectivity index (χ1) is 9.29. The molecule has 1 aliphatic heterocycles. The summed E-state index contributed by atoms with van der Waals surface area (Å²) in [6, 6.07) is 11.8. The van der Waals surface area contributed by atoms with Crippen LogP contribution in [0.5, 0.6) is 0 Å². The highest BCUT2D eigenvalue weighted by Crippen LogP contribution is 2.29. The monoisotopic (exact) mass is 273 g/mol. The van der Waals surface area contributed by atoms with E-state index < -0.39 is 0 Å². The third-order valence-electron chi connectivity index (χ3n) is 3.43. The number of ether oxygens (including phenoxy) is 1. The van der Waals surface area contributed by atoms with E-state index in [4.69, 9.17) is 4.74 Å². The van der Waals surface area contributed by atoms with Crippen molar-refractivity contribution in [3.63, 3.8) is 0 Å². The molecule has 0 saturated heterocycles. The fraction of sp³-hybridized carbons (Fsp3) is 0.267. The Morgan fingerprint density at radius 3 is 2.89 bits per heavy atom. The summed E-state index contributed by atoms with van der Waals surface area (Å²) < 4.78 is 5.46. The average molecular weight is 273 g/mol. The second-order valence-electron chi connectivity index (χ2n) is 4.58. The molecule has 3 rings (SSSR count). The van der Waals surface area contributed by atoms with Crippen LogP contribution in [-0.4, -0.2) is 25.7 Å². The van der Waals surface area contributed by atoms with Gasteiger partial charge in [-0.3, -0.25) is 4.79 Å². The van der Waals surface area contributed by atoms with E-state index in [0.29, 0.717) is 6.54 Å². The van der Waals surface area contributed by atoms with Crippen LogP contribution in [0, 0.1) is 0 Å². The van der Waals surface area contributed by atoms with Gasteiger partial charge in [-0.1, -0.05) is 24.3 Å². The van der Waals surface area contributed by atoms with Crippen molar-refractivity contribution >= 4 is 22.9 Å². The number of thiophene rings is 1. The van der Waals surface area contributed by atoms with Crippen molar-refractivity contribution in [2.45, 2.75) is 12.5 Å². The maximum absolute atomic E-state index is 12.6. The number of anilines is 1. The van der Waals surface area contributed by atoms with E-state index in [9.17, 15) is 4.79 Å². The lowest BCUT2D eigenvalue weighted by Gasteiger charge is -2.33. The molecule has 2 heterocycles. The van der Waals surface area contributed by atoms with Crippen molar-refractivity contribution in [3.8, 4) is 0 Å². The number of hydrogen-bond acceptors (Lipinski definition) is 3. The van der Waals surface area contributed by atoms with Crippen molar-refractivity contribution in [1.29, 1.82) is 0 Å². The zero-order chi connectivity index (χ0) is 13.2. The molecule has 0 radical (unpaired) electrons. The molecule has 2 aromatic rings. The molecule has 4 heteroatoms. The zero-order valence-corrected chi connectivity index (χ0v) is 11.5. The molecular formula is C15H15NO2S. The van der Waals surface area contributed by atoms with Crippen LogP contribution in [0.4, 0.5) is 5.69 Å². The first kappa shape index (κ1) is 12.4. The van der Waals surface area contributed by atoms with E-state index in [-0.39, 0.29) is 12.0 Å². The Hall–Kier alpha value is -1.65. The second kappa shape index (κ2) is 5.15. The Kier molecular flexibility index (Phi) is 3.36. The molecule has 98 valence electrons. The first-order valence-electron chi connectivity index (χ1n) is 6.25. The maximum atomic E-state index is 12.6. The number of fused-ring (bicyclic) bond motifs is 1. The summed E-state index contributed by atoms with van der Waals surface area (Å²) in [5.74, 6) is 0.0594. The summed E-state index contributed by atoms with van der Waals surface area (Å²) in [4.78, 5) is 15.2. The van der Waals surface area contributed by atoms with Gasteiger partial charge in [-0.15, -0.1) is 11.3 Å². The molecule has 0 spiro atoms. The van der Waals surface area contributed by atoms with Crippen LogP contribution < -0.4 is 4.90 Å². The minimum Gasteiger partial charge on any atom is -0.379 e. The van der Waals surface area contributed by atoms with Gasteiger partial charge >= 0.3 is 0 Å². The molecule has 1 aromatic carbocycles. The lowest BCUT2D eigenvalue weighted by Crippen LogP contribution is -2.43. The number of carbonyl (C=O) groups excluding carboxylic acids is 1. The molecule has 3 nitrogen and oxygen atoms in total. The fourth-order valence-electron chi connectivity index (χ4n) is 2.44. The number of benzene rings is 1. The standard InChI is InChI=1S/C15H15NO2S/c1-18-12-9-11-5-2-3-6-13(11)16(10-12)15(17)14-7-4-8-19-14/h2-8,12H,9-10H2,1H3/t12-/m0/s1. The highest BCUT2D eigenvalue weighted by Gasteiger charge is 2.29. The predicted molar refractivity (Wildman–Crippen MR) is 76.9 cm³/mol. The molecule has 0 aliphatic carbocycles. The van der Waals surface area contributed by atoms with E-state index in [2.05, 4.69) is 6.07 Å². The van der Waals surface area contributed by atoms with Gasteiger partial charge in [0.05, 0.1) is 17.5 Å². The van der Waals surface area contributed by atoms with Gasteiger partial charge in [0.2, 0.25) is 0 Å². The SMILES string of the molecule is CO[C@H]1Cc2ccccc2N(C(=O)c2cccs2)C1. The number of nitrogens with zero attached hydrogens (tertiary/aromatic N) is 1. The average Bonchev–Trinajstić information content (AvgIpc) is 2.99. The highest BCUT2D eigenvalue weighted by molar-refractivity contribution is 7.12. The third-order valence-corrected chi connectivity index (χ3v) is 4.28. The lowest BCUT2D eigenvalue weighted by atomic mass is 9.99. The van der Waals surface area contributed by atoms with Crippen LogP contribution >= 0.6 is 11.3 Å². The zero-order valence-electron chi connectivity index (χ0n) is 10.7. The Morgan fingerprint density at radius 2 is 2.16 bits per heavy atom. The van der Waals surface area contributed by atoms with Crippen LogP contribution in [0.25, 0.3) is 0 Å². The molecule has 1 atom stereocenters. The molecule has 19 heavy (non-hydrogen) atoms. The molecule has 1 aliphatic rings. The topological polar surface area (TPSA) is 29.5 Å². The lowest BCUT2D eigenvalue weighted by molar-refractivity contribution is 0.0873. The number of amides is 1. The normalized spacial score (nSPS) is 18.2. The highest BCUT2D eigenvalue weighted by atomic mass is 32.1. The molecule has 0 saturated carbocycles. The molecule has 1 amide bonds. The van der Waals surface area contributed by atoms with Crippen molar-refractivity contribution in [2.24, 2.45) is 0 Å². The summed E-state index contributed by atoms with van der Waals surface area (Å²) in [5, 5.41) is 1.93. The van der Waals surface area contributed by atoms with Gasteiger partial charge in [0.1, 0.15) is 0 Å². The summed E-state index contributed by atoms with van der Waals surface area (Å²) in [7, 11) is 1.70. The number of methoxy groups -OCH3 is 1. The van der Waals surface area contributed by atoms with Crippen LogP contribution in [0.15, 0.2) is 41.8 Å². The van der Waals surface area contributed by atoms with E-state index in [1.165, 1.54) is 16.9 Å². The van der Waals surface area contributed by atoms with E-state index in [1.54, 1.807) is 7.11 Å². The van der Waals surface area contributed by atoms with Gasteiger partial charge in [-0.25, -0.2) is 0 Å². The van der Waals surface area contributed by atoms with Crippen LogP contribution in [0.2, 0.25) is 0 Å². The minimum absolute atomic E-state index is 0.0594. The molecule has 0 bridgehead atoms. The van der Waals surface area contributed by atoms with Crippen molar-refractivity contribution in [3.05, 3.63) is 52.2 Å². The Bertz CT molecular complexity index is 580. The van der Waals surface area contributed by atoms with Crippen molar-refractivity contribution in [2.75, 3.05) is 18.6 Å². The quantitative estimate of drug-likeness (QED) is 0.842. The van der Waals surface area contributed by atoms with E-state index >= 15 is 0 Å². The number of carbonyl (C=O) groups is 1. The summed E-state index contributed by atoms with van der Waals surface area (Å²) in [5.41, 5.74) is 2.18. The van der Waals surface area contributed by atoms with Gasteiger partial charge < -0.3 is 9.64 Å². The van der Waals surface area contributed by atoms with Gasteiger partial charge in [-0.05, 0) is 23.1 Å². The number of rotatable bonds is 2. The molecule has 0 fully saturated rings. The summed E-state index contributed by atoms with van der Waals surface area (Å²) >= 11 is 1.48. The van der Waals surface area contributed by atoms with E-state index in [0.717, 1.165) is 17.0 Å². The van der Waals surface area contributed by atoms with Crippen LogP contribution in [-0.2, 0) is 11.2 Å². The predicted octanol–water partition coefficient (Wildman–Crippen LogP) is 2.97. The Balaban J connectivity index is 1.98. The van der Waals surface area contributed by atoms with Crippen LogP contribution in [0.3, 0.4) is 0 Å². The van der Waals surface area contributed by atoms with Gasteiger partial charge in [-0.2, -0.15) is 0 Å². The molecule has 0 unspecified atom stereocenters. The first-order valence-corrected chi connectivity index (χ1v) is 7.13. The Labute approximate surface area is 116 Å². The number of para-hydroxylation sites is 1. The van der Waals surface area contributed by atoms with E-state index in [1.807, 2.05) is 40.6 Å². The Morgan fingerprint density at radius 1 is 1.32 bits per heavy atom. The largest absolute Gasteiger partial charge is 0.379 e. The van der Waals surface area contributed by atoms with Gasteiger partial charge in [0, 0.05) is 19.2 Å². The molecular weight excluding hydrogens is 258 g/mol. The van der Waals surface area contributed by atoms with Gasteiger partial charge in [0.15, 0.2) is 0 Å². The second-order valence-corrected chi connectivity index (χ2v) is 5.53. The summed E-state index contributed by atoms with van der Waals surface area (Å²) in [6.45, 7) is 0.615. The fourth-order valence-corrected chi connectivity index (χ4v) is 3.11. The third kappa shape index (κ3) is 2.29. The van der Waals surface area contributed by atoms with Crippen molar-refractivity contribution < 1.29 is 9.53 Å². The van der Waals surface area contributed by atoms with Crippen LogP contribution in [0.1, 0.15) is 15.2 Å².